The minimum atomic E-state index is 0. The molecule has 3 rings (SSSR count). The molecule has 1 aliphatic rings. The Bertz CT molecular complexity index is 491. The lowest BCUT2D eigenvalue weighted by Gasteiger charge is -2.28. The number of hydrogen-bond acceptors (Lipinski definition) is 3. The summed E-state index contributed by atoms with van der Waals surface area (Å²) in [5, 5.41) is 0. The maximum absolute atomic E-state index is 4.29. The second-order valence-corrected chi connectivity index (χ2v) is 3.99. The number of aromatic nitrogens is 2. The predicted octanol–water partition coefficient (Wildman–Crippen LogP) is 2.88. The molecule has 0 saturated heterocycles. The van der Waals surface area contributed by atoms with Crippen molar-refractivity contribution in [1.29, 1.82) is 0 Å². The molecule has 0 spiro atoms. The van der Waals surface area contributed by atoms with E-state index in [1.54, 1.807) is 12.4 Å². The molecule has 96 valence electrons. The van der Waals surface area contributed by atoms with E-state index in [0.29, 0.717) is 0 Å². The number of rotatable bonds is 1. The Kier molecular flexibility index (Phi) is 5.38. The number of benzene rings is 1. The third-order valence-electron chi connectivity index (χ3n) is 2.97. The van der Waals surface area contributed by atoms with Crippen LogP contribution in [0.1, 0.15) is 11.1 Å². The molecule has 0 N–H and O–H groups in total. The minimum absolute atomic E-state index is 0. The van der Waals surface area contributed by atoms with Crippen LogP contribution < -0.4 is 4.90 Å². The molecule has 1 aromatic heterocycles. The van der Waals surface area contributed by atoms with Crippen molar-refractivity contribution in [2.75, 3.05) is 11.4 Å². The van der Waals surface area contributed by atoms with E-state index in [1.165, 1.54) is 11.1 Å². The Balaban J connectivity index is 0.000000810. The number of nitrogens with zero attached hydrogens (tertiary/aromatic N) is 3. The van der Waals surface area contributed by atoms with Gasteiger partial charge in [-0.05, 0) is 23.6 Å². The fraction of sp³-hybridized carbons (Fsp3) is 0.231. The molecule has 0 saturated carbocycles. The van der Waals surface area contributed by atoms with Crippen LogP contribution in [0.5, 0.6) is 0 Å². The molecule has 1 aromatic carbocycles. The molecule has 0 atom stereocenters. The smallest absolute Gasteiger partial charge is 0.225 e. The molecule has 0 unspecified atom stereocenters. The summed E-state index contributed by atoms with van der Waals surface area (Å²) < 4.78 is 0. The summed E-state index contributed by atoms with van der Waals surface area (Å²) in [5.41, 5.74) is 2.84. The van der Waals surface area contributed by atoms with Crippen LogP contribution in [0.25, 0.3) is 0 Å². The fourth-order valence-electron chi connectivity index (χ4n) is 2.12. The van der Waals surface area contributed by atoms with E-state index in [1.807, 2.05) is 6.07 Å². The molecule has 2 heterocycles. The van der Waals surface area contributed by atoms with Crippen LogP contribution in [0.3, 0.4) is 0 Å². The first-order valence-corrected chi connectivity index (χ1v) is 5.52. The summed E-state index contributed by atoms with van der Waals surface area (Å²) >= 11 is 0. The van der Waals surface area contributed by atoms with Crippen molar-refractivity contribution in [2.45, 2.75) is 13.0 Å². The first kappa shape index (κ1) is 14.7. The van der Waals surface area contributed by atoms with Gasteiger partial charge in [-0.3, -0.25) is 0 Å². The van der Waals surface area contributed by atoms with Crippen molar-refractivity contribution in [3.05, 3.63) is 53.9 Å². The van der Waals surface area contributed by atoms with Crippen LogP contribution in [0, 0.1) is 0 Å². The number of fused-ring (bicyclic) bond motifs is 1. The average Bonchev–Trinajstić information content (AvgIpc) is 2.39. The van der Waals surface area contributed by atoms with Crippen LogP contribution in [-0.4, -0.2) is 16.5 Å². The van der Waals surface area contributed by atoms with Gasteiger partial charge in [0.15, 0.2) is 0 Å². The highest BCUT2D eigenvalue weighted by atomic mass is 35.5. The molecule has 0 amide bonds. The van der Waals surface area contributed by atoms with Gasteiger partial charge >= 0.3 is 0 Å². The van der Waals surface area contributed by atoms with E-state index in [-0.39, 0.29) is 24.8 Å². The summed E-state index contributed by atoms with van der Waals surface area (Å²) in [7, 11) is 0. The van der Waals surface area contributed by atoms with Crippen LogP contribution in [-0.2, 0) is 13.0 Å². The highest BCUT2D eigenvalue weighted by Crippen LogP contribution is 2.20. The average molecular weight is 284 g/mol. The van der Waals surface area contributed by atoms with E-state index >= 15 is 0 Å². The highest BCUT2D eigenvalue weighted by molar-refractivity contribution is 5.85. The molecule has 0 radical (unpaired) electrons. The lowest BCUT2D eigenvalue weighted by atomic mass is 10.0. The van der Waals surface area contributed by atoms with E-state index < -0.39 is 0 Å². The van der Waals surface area contributed by atoms with Crippen LogP contribution >= 0.6 is 24.8 Å². The summed E-state index contributed by atoms with van der Waals surface area (Å²) in [4.78, 5) is 10.8. The van der Waals surface area contributed by atoms with E-state index in [0.717, 1.165) is 25.5 Å². The standard InChI is InChI=1S/C13H13N3.2ClH/c1-2-5-12-10-16(9-6-11(12)4-1)13-14-7-3-8-15-13;;/h1-5,7-8H,6,9-10H2;2*1H. The van der Waals surface area contributed by atoms with Crippen LogP contribution in [0.15, 0.2) is 42.7 Å². The van der Waals surface area contributed by atoms with Gasteiger partial charge in [0, 0.05) is 25.5 Å². The lowest BCUT2D eigenvalue weighted by molar-refractivity contribution is 0.707. The monoisotopic (exact) mass is 283 g/mol. The van der Waals surface area contributed by atoms with E-state index in [2.05, 4.69) is 39.1 Å². The van der Waals surface area contributed by atoms with Crippen LogP contribution in [0.4, 0.5) is 5.95 Å². The molecule has 3 nitrogen and oxygen atoms in total. The van der Waals surface area contributed by atoms with Gasteiger partial charge in [-0.1, -0.05) is 24.3 Å². The SMILES string of the molecule is Cl.Cl.c1cnc(N2CCc3ccccc3C2)nc1. The second kappa shape index (κ2) is 6.57. The van der Waals surface area contributed by atoms with Gasteiger partial charge in [0.2, 0.25) is 5.95 Å². The molecule has 2 aromatic rings. The Morgan fingerprint density at radius 3 is 2.28 bits per heavy atom. The molecular weight excluding hydrogens is 269 g/mol. The first-order valence-electron chi connectivity index (χ1n) is 5.52. The molecule has 1 aliphatic heterocycles. The highest BCUT2D eigenvalue weighted by Gasteiger charge is 2.17. The number of anilines is 1. The summed E-state index contributed by atoms with van der Waals surface area (Å²) in [5.74, 6) is 0.831. The first-order chi connectivity index (χ1) is 7.93. The topological polar surface area (TPSA) is 29.0 Å². The van der Waals surface area contributed by atoms with Crippen molar-refractivity contribution < 1.29 is 0 Å². The van der Waals surface area contributed by atoms with Crippen molar-refractivity contribution in [1.82, 2.24) is 9.97 Å². The summed E-state index contributed by atoms with van der Waals surface area (Å²) in [6.07, 6.45) is 4.67. The Morgan fingerprint density at radius 1 is 0.889 bits per heavy atom. The van der Waals surface area contributed by atoms with Gasteiger partial charge in [-0.2, -0.15) is 0 Å². The van der Waals surface area contributed by atoms with E-state index in [9.17, 15) is 0 Å². The summed E-state index contributed by atoms with van der Waals surface area (Å²) in [6, 6.07) is 10.4. The van der Waals surface area contributed by atoms with Gasteiger partial charge < -0.3 is 4.90 Å². The zero-order valence-corrected chi connectivity index (χ0v) is 11.5. The van der Waals surface area contributed by atoms with Gasteiger partial charge in [0.25, 0.3) is 0 Å². The third kappa shape index (κ3) is 2.92. The van der Waals surface area contributed by atoms with E-state index in [4.69, 9.17) is 0 Å². The van der Waals surface area contributed by atoms with Gasteiger partial charge in [0.1, 0.15) is 0 Å². The van der Waals surface area contributed by atoms with Gasteiger partial charge in [0.05, 0.1) is 0 Å². The Labute approximate surface area is 119 Å². The third-order valence-corrected chi connectivity index (χ3v) is 2.97. The molecule has 0 bridgehead atoms. The number of halogens is 2. The van der Waals surface area contributed by atoms with Crippen molar-refractivity contribution in [3.8, 4) is 0 Å². The quantitative estimate of drug-likeness (QED) is 0.806. The molecular formula is C13H15Cl2N3. The number of hydrogen-bond donors (Lipinski definition) is 0. The van der Waals surface area contributed by atoms with Gasteiger partial charge in [-0.25, -0.2) is 9.97 Å². The minimum Gasteiger partial charge on any atom is -0.336 e. The normalized spacial score (nSPS) is 13.0. The predicted molar refractivity (Wildman–Crippen MR) is 77.7 cm³/mol. The maximum atomic E-state index is 4.29. The van der Waals surface area contributed by atoms with Gasteiger partial charge in [-0.15, -0.1) is 24.8 Å². The molecule has 0 fully saturated rings. The summed E-state index contributed by atoms with van der Waals surface area (Å²) in [6.45, 7) is 1.92. The zero-order chi connectivity index (χ0) is 10.8. The van der Waals surface area contributed by atoms with Crippen molar-refractivity contribution in [3.63, 3.8) is 0 Å². The largest absolute Gasteiger partial charge is 0.336 e. The lowest BCUT2D eigenvalue weighted by Crippen LogP contribution is -2.31. The Morgan fingerprint density at radius 2 is 1.56 bits per heavy atom. The van der Waals surface area contributed by atoms with Crippen LogP contribution in [0.2, 0.25) is 0 Å². The zero-order valence-electron chi connectivity index (χ0n) is 9.82. The Hall–Kier alpha value is -1.32. The van der Waals surface area contributed by atoms with Crippen molar-refractivity contribution >= 4 is 30.8 Å². The fourth-order valence-corrected chi connectivity index (χ4v) is 2.12. The molecule has 0 aliphatic carbocycles. The second-order valence-electron chi connectivity index (χ2n) is 3.99. The molecule has 18 heavy (non-hydrogen) atoms. The van der Waals surface area contributed by atoms with Crippen molar-refractivity contribution in [2.24, 2.45) is 0 Å². The molecule has 5 heteroatoms. The maximum Gasteiger partial charge on any atom is 0.225 e.